The number of nitrogens with one attached hydrogen (secondary N) is 1. The summed E-state index contributed by atoms with van der Waals surface area (Å²) in [6.07, 6.45) is 6.62. The van der Waals surface area contributed by atoms with Crippen molar-refractivity contribution in [3.63, 3.8) is 0 Å². The number of aliphatic hydroxyl groups is 1. The molecule has 1 atom stereocenters. The van der Waals surface area contributed by atoms with Gasteiger partial charge in [0, 0.05) is 6.54 Å². The first-order valence-electron chi connectivity index (χ1n) is 6.13. The van der Waals surface area contributed by atoms with Crippen LogP contribution in [0.2, 0.25) is 0 Å². The van der Waals surface area contributed by atoms with Crippen molar-refractivity contribution in [2.45, 2.75) is 45.6 Å². The maximum atomic E-state index is 9.85. The minimum Gasteiger partial charge on any atom is -0.392 e. The largest absolute Gasteiger partial charge is 0.392 e. The lowest BCUT2D eigenvalue weighted by molar-refractivity contribution is 0.102. The topological polar surface area (TPSA) is 32.3 Å². The van der Waals surface area contributed by atoms with E-state index in [1.807, 2.05) is 11.8 Å². The quantitative estimate of drug-likeness (QED) is 0.569. The molecular formula is C12H27NOS. The van der Waals surface area contributed by atoms with Crippen molar-refractivity contribution in [2.24, 2.45) is 5.92 Å². The molecule has 0 aromatic rings. The summed E-state index contributed by atoms with van der Waals surface area (Å²) in [6.45, 7) is 6.09. The molecule has 2 nitrogen and oxygen atoms in total. The predicted octanol–water partition coefficient (Wildman–Crippen LogP) is 2.52. The Morgan fingerprint density at radius 2 is 1.87 bits per heavy atom. The molecule has 0 aromatic carbocycles. The zero-order valence-electron chi connectivity index (χ0n) is 10.5. The van der Waals surface area contributed by atoms with Gasteiger partial charge in [0.2, 0.25) is 0 Å². The third-order valence-corrected chi connectivity index (χ3v) is 3.60. The lowest BCUT2D eigenvalue weighted by atomic mass is 9.96. The van der Waals surface area contributed by atoms with Gasteiger partial charge < -0.3 is 10.4 Å². The first-order chi connectivity index (χ1) is 7.26. The van der Waals surface area contributed by atoms with E-state index in [0.717, 1.165) is 25.9 Å². The molecule has 0 fully saturated rings. The summed E-state index contributed by atoms with van der Waals surface area (Å²) in [5.41, 5.74) is 0. The fraction of sp³-hybridized carbons (Fsp3) is 1.00. The molecule has 1 unspecified atom stereocenters. The van der Waals surface area contributed by atoms with E-state index in [-0.39, 0.29) is 6.10 Å². The Kier molecular flexibility index (Phi) is 11.0. The Morgan fingerprint density at radius 3 is 2.40 bits per heavy atom. The highest BCUT2D eigenvalue weighted by Gasteiger charge is 2.14. The van der Waals surface area contributed by atoms with E-state index in [1.54, 1.807) is 0 Å². The lowest BCUT2D eigenvalue weighted by Crippen LogP contribution is -2.33. The molecule has 0 saturated heterocycles. The van der Waals surface area contributed by atoms with Crippen molar-refractivity contribution in [3.05, 3.63) is 0 Å². The van der Waals surface area contributed by atoms with Gasteiger partial charge in [-0.1, -0.05) is 26.7 Å². The van der Waals surface area contributed by atoms with Crippen LogP contribution in [0, 0.1) is 5.92 Å². The molecule has 92 valence electrons. The molecule has 0 saturated carbocycles. The summed E-state index contributed by atoms with van der Waals surface area (Å²) in [6, 6.07) is 0. The van der Waals surface area contributed by atoms with Gasteiger partial charge in [-0.25, -0.2) is 0 Å². The SMILES string of the molecule is CCC(CC)C(O)CNCCCCSC. The molecule has 0 aromatic heterocycles. The molecule has 2 N–H and O–H groups in total. The fourth-order valence-electron chi connectivity index (χ4n) is 1.75. The van der Waals surface area contributed by atoms with Crippen LogP contribution < -0.4 is 5.32 Å². The second-order valence-corrected chi connectivity index (χ2v) is 5.03. The highest BCUT2D eigenvalue weighted by Crippen LogP contribution is 2.12. The van der Waals surface area contributed by atoms with E-state index >= 15 is 0 Å². The maximum absolute atomic E-state index is 9.85. The highest BCUT2D eigenvalue weighted by atomic mass is 32.2. The van der Waals surface area contributed by atoms with Gasteiger partial charge in [0.05, 0.1) is 6.10 Å². The number of rotatable bonds is 10. The van der Waals surface area contributed by atoms with Crippen molar-refractivity contribution in [3.8, 4) is 0 Å². The van der Waals surface area contributed by atoms with Crippen LogP contribution in [-0.4, -0.2) is 36.3 Å². The van der Waals surface area contributed by atoms with Crippen LogP contribution in [0.4, 0.5) is 0 Å². The molecule has 0 aliphatic rings. The third kappa shape index (κ3) is 8.12. The molecule has 0 amide bonds. The second kappa shape index (κ2) is 10.8. The Labute approximate surface area is 99.2 Å². The van der Waals surface area contributed by atoms with Gasteiger partial charge in [-0.2, -0.15) is 11.8 Å². The Bertz CT molecular complexity index is 129. The van der Waals surface area contributed by atoms with Gasteiger partial charge in [-0.15, -0.1) is 0 Å². The summed E-state index contributed by atoms with van der Waals surface area (Å²) < 4.78 is 0. The van der Waals surface area contributed by atoms with Gasteiger partial charge in [-0.3, -0.25) is 0 Å². The number of hydrogen-bond acceptors (Lipinski definition) is 3. The van der Waals surface area contributed by atoms with Crippen LogP contribution >= 0.6 is 11.8 Å². The number of aliphatic hydroxyl groups excluding tert-OH is 1. The lowest BCUT2D eigenvalue weighted by Gasteiger charge is -2.20. The summed E-state index contributed by atoms with van der Waals surface area (Å²) in [5, 5.41) is 13.2. The molecule has 0 spiro atoms. The Balaban J connectivity index is 3.33. The van der Waals surface area contributed by atoms with Crippen molar-refractivity contribution < 1.29 is 5.11 Å². The van der Waals surface area contributed by atoms with E-state index in [2.05, 4.69) is 25.4 Å². The average molecular weight is 233 g/mol. The molecule has 0 rings (SSSR count). The standard InChI is InChI=1S/C12H27NOS/c1-4-11(5-2)12(14)10-13-8-6-7-9-15-3/h11-14H,4-10H2,1-3H3. The highest BCUT2D eigenvalue weighted by molar-refractivity contribution is 7.98. The van der Waals surface area contributed by atoms with Crippen molar-refractivity contribution >= 4 is 11.8 Å². The summed E-state index contributed by atoms with van der Waals surface area (Å²) >= 11 is 1.90. The smallest absolute Gasteiger partial charge is 0.0692 e. The number of unbranched alkanes of at least 4 members (excludes halogenated alkanes) is 1. The second-order valence-electron chi connectivity index (χ2n) is 4.05. The predicted molar refractivity (Wildman–Crippen MR) is 70.6 cm³/mol. The van der Waals surface area contributed by atoms with E-state index in [9.17, 15) is 5.11 Å². The fourth-order valence-corrected chi connectivity index (χ4v) is 2.24. The first-order valence-corrected chi connectivity index (χ1v) is 7.53. The van der Waals surface area contributed by atoms with E-state index in [0.29, 0.717) is 5.92 Å². The van der Waals surface area contributed by atoms with E-state index in [1.165, 1.54) is 18.6 Å². The van der Waals surface area contributed by atoms with Crippen molar-refractivity contribution in [1.29, 1.82) is 0 Å². The van der Waals surface area contributed by atoms with Gasteiger partial charge in [0.1, 0.15) is 0 Å². The van der Waals surface area contributed by atoms with Crippen LogP contribution in [0.15, 0.2) is 0 Å². The zero-order valence-corrected chi connectivity index (χ0v) is 11.3. The van der Waals surface area contributed by atoms with Crippen LogP contribution in [0.5, 0.6) is 0 Å². The molecule has 0 aliphatic carbocycles. The number of hydrogen-bond donors (Lipinski definition) is 2. The Morgan fingerprint density at radius 1 is 1.20 bits per heavy atom. The summed E-state index contributed by atoms with van der Waals surface area (Å²) in [4.78, 5) is 0. The average Bonchev–Trinajstić information content (AvgIpc) is 2.25. The van der Waals surface area contributed by atoms with Gasteiger partial charge in [0.15, 0.2) is 0 Å². The van der Waals surface area contributed by atoms with E-state index < -0.39 is 0 Å². The molecule has 0 radical (unpaired) electrons. The van der Waals surface area contributed by atoms with Gasteiger partial charge >= 0.3 is 0 Å². The van der Waals surface area contributed by atoms with Crippen LogP contribution in [0.25, 0.3) is 0 Å². The first kappa shape index (κ1) is 15.3. The summed E-state index contributed by atoms with van der Waals surface area (Å²) in [7, 11) is 0. The monoisotopic (exact) mass is 233 g/mol. The van der Waals surface area contributed by atoms with Crippen molar-refractivity contribution in [2.75, 3.05) is 25.1 Å². The van der Waals surface area contributed by atoms with Gasteiger partial charge in [-0.05, 0) is 37.3 Å². The third-order valence-electron chi connectivity index (χ3n) is 2.90. The maximum Gasteiger partial charge on any atom is 0.0692 e. The molecule has 0 bridgehead atoms. The molecule has 3 heteroatoms. The molecule has 15 heavy (non-hydrogen) atoms. The van der Waals surface area contributed by atoms with Gasteiger partial charge in [0.25, 0.3) is 0 Å². The van der Waals surface area contributed by atoms with E-state index in [4.69, 9.17) is 0 Å². The normalized spacial score (nSPS) is 13.4. The minimum atomic E-state index is -0.166. The molecule has 0 heterocycles. The minimum absolute atomic E-state index is 0.166. The van der Waals surface area contributed by atoms with Crippen LogP contribution in [0.3, 0.4) is 0 Å². The van der Waals surface area contributed by atoms with Crippen LogP contribution in [-0.2, 0) is 0 Å². The van der Waals surface area contributed by atoms with Crippen LogP contribution in [0.1, 0.15) is 39.5 Å². The zero-order chi connectivity index (χ0) is 11.5. The number of thioether (sulfide) groups is 1. The summed E-state index contributed by atoms with van der Waals surface area (Å²) in [5.74, 6) is 1.71. The molecule has 0 aliphatic heterocycles. The molecular weight excluding hydrogens is 206 g/mol. The Hall–Kier alpha value is 0.270. The van der Waals surface area contributed by atoms with Crippen molar-refractivity contribution in [1.82, 2.24) is 5.32 Å².